The van der Waals surface area contributed by atoms with Crippen LogP contribution in [0.1, 0.15) is 18.4 Å². The lowest BCUT2D eigenvalue weighted by atomic mass is 10.2. The van der Waals surface area contributed by atoms with Gasteiger partial charge in [0.1, 0.15) is 0 Å². The van der Waals surface area contributed by atoms with Crippen LogP contribution in [0.5, 0.6) is 0 Å². The Hall–Kier alpha value is -1.82. The van der Waals surface area contributed by atoms with Gasteiger partial charge in [0, 0.05) is 29.3 Å². The van der Waals surface area contributed by atoms with Gasteiger partial charge in [-0.2, -0.15) is 5.10 Å². The van der Waals surface area contributed by atoms with Crippen LogP contribution in [0.25, 0.3) is 0 Å². The Kier molecular flexibility index (Phi) is 3.96. The fraction of sp³-hybridized carbons (Fsp3) is 0.333. The molecule has 0 saturated carbocycles. The number of halogens is 1. The van der Waals surface area contributed by atoms with Gasteiger partial charge in [-0.25, -0.2) is 4.68 Å². The van der Waals surface area contributed by atoms with E-state index in [1.54, 1.807) is 12.3 Å². The predicted molar refractivity (Wildman–Crippen MR) is 87.6 cm³/mol. The summed E-state index contributed by atoms with van der Waals surface area (Å²) in [5.41, 5.74) is 8.33. The SMILES string of the molecule is Nc1cc(Br)ccc1Cn1ncc(N2CCCC2)cc1=O. The predicted octanol–water partition coefficient (Wildman–Crippen LogP) is 2.24. The van der Waals surface area contributed by atoms with Crippen LogP contribution in [-0.2, 0) is 6.54 Å². The first-order chi connectivity index (χ1) is 10.1. The summed E-state index contributed by atoms with van der Waals surface area (Å²) in [6.45, 7) is 2.40. The zero-order valence-corrected chi connectivity index (χ0v) is 13.2. The molecule has 110 valence electrons. The quantitative estimate of drug-likeness (QED) is 0.864. The molecule has 0 unspecified atom stereocenters. The summed E-state index contributed by atoms with van der Waals surface area (Å²) in [6, 6.07) is 7.31. The standard InChI is InChI=1S/C15H17BrN4O/c16-12-4-3-11(14(17)7-12)10-20-15(21)8-13(9-18-20)19-5-1-2-6-19/h3-4,7-9H,1-2,5-6,10,17H2. The highest BCUT2D eigenvalue weighted by atomic mass is 79.9. The van der Waals surface area contributed by atoms with E-state index in [1.165, 1.54) is 17.5 Å². The maximum atomic E-state index is 12.2. The summed E-state index contributed by atoms with van der Waals surface area (Å²) in [4.78, 5) is 14.4. The number of rotatable bonds is 3. The molecule has 2 aromatic rings. The van der Waals surface area contributed by atoms with Crippen LogP contribution >= 0.6 is 15.9 Å². The molecule has 1 aliphatic rings. The molecule has 21 heavy (non-hydrogen) atoms. The van der Waals surface area contributed by atoms with Gasteiger partial charge in [0.15, 0.2) is 0 Å². The normalized spacial score (nSPS) is 14.6. The van der Waals surface area contributed by atoms with Gasteiger partial charge in [-0.15, -0.1) is 0 Å². The first-order valence-electron chi connectivity index (χ1n) is 6.99. The molecule has 2 heterocycles. The molecule has 0 amide bonds. The summed E-state index contributed by atoms with van der Waals surface area (Å²) in [5, 5.41) is 4.28. The lowest BCUT2D eigenvalue weighted by Crippen LogP contribution is -2.26. The lowest BCUT2D eigenvalue weighted by Gasteiger charge is -2.17. The Morgan fingerprint density at radius 2 is 2.00 bits per heavy atom. The Balaban J connectivity index is 1.84. The number of hydrogen-bond donors (Lipinski definition) is 1. The first-order valence-corrected chi connectivity index (χ1v) is 7.79. The van der Waals surface area contributed by atoms with Gasteiger partial charge in [-0.3, -0.25) is 4.79 Å². The number of hydrogen-bond acceptors (Lipinski definition) is 4. The third-order valence-corrected chi connectivity index (χ3v) is 4.25. The third kappa shape index (κ3) is 3.10. The second kappa shape index (κ2) is 5.89. The molecule has 0 spiro atoms. The van der Waals surface area contributed by atoms with Crippen molar-refractivity contribution in [2.45, 2.75) is 19.4 Å². The van der Waals surface area contributed by atoms with Crippen LogP contribution in [0.4, 0.5) is 11.4 Å². The second-order valence-corrected chi connectivity index (χ2v) is 6.16. The highest BCUT2D eigenvalue weighted by Crippen LogP contribution is 2.20. The molecule has 6 heteroatoms. The van der Waals surface area contributed by atoms with E-state index in [4.69, 9.17) is 5.73 Å². The lowest BCUT2D eigenvalue weighted by molar-refractivity contribution is 0.638. The first kappa shape index (κ1) is 14.1. The average molecular weight is 349 g/mol. The average Bonchev–Trinajstić information content (AvgIpc) is 2.98. The molecular weight excluding hydrogens is 332 g/mol. The Labute approximate surface area is 131 Å². The van der Waals surface area contributed by atoms with Gasteiger partial charge in [-0.05, 0) is 30.5 Å². The molecule has 2 N–H and O–H groups in total. The Morgan fingerprint density at radius 3 is 2.67 bits per heavy atom. The Bertz CT molecular complexity index is 707. The van der Waals surface area contributed by atoms with Crippen LogP contribution in [-0.4, -0.2) is 22.9 Å². The number of benzene rings is 1. The fourth-order valence-corrected chi connectivity index (χ4v) is 2.94. The number of nitrogen functional groups attached to an aromatic ring is 1. The molecule has 1 fully saturated rings. The smallest absolute Gasteiger partial charge is 0.269 e. The Morgan fingerprint density at radius 1 is 1.24 bits per heavy atom. The van der Waals surface area contributed by atoms with E-state index in [-0.39, 0.29) is 5.56 Å². The van der Waals surface area contributed by atoms with Gasteiger partial charge in [-0.1, -0.05) is 22.0 Å². The van der Waals surface area contributed by atoms with Crippen LogP contribution in [0.15, 0.2) is 39.7 Å². The zero-order valence-electron chi connectivity index (χ0n) is 11.6. The van der Waals surface area contributed by atoms with Crippen molar-refractivity contribution < 1.29 is 0 Å². The van der Waals surface area contributed by atoms with E-state index < -0.39 is 0 Å². The van der Waals surface area contributed by atoms with Crippen molar-refractivity contribution in [1.82, 2.24) is 9.78 Å². The number of aromatic nitrogens is 2. The van der Waals surface area contributed by atoms with Crippen molar-refractivity contribution >= 4 is 27.3 Å². The van der Waals surface area contributed by atoms with E-state index in [0.717, 1.165) is 28.8 Å². The molecule has 0 bridgehead atoms. The molecule has 1 saturated heterocycles. The molecule has 1 aromatic carbocycles. The van der Waals surface area contributed by atoms with Gasteiger partial charge >= 0.3 is 0 Å². The van der Waals surface area contributed by atoms with E-state index in [1.807, 2.05) is 18.2 Å². The summed E-state index contributed by atoms with van der Waals surface area (Å²) < 4.78 is 2.37. The minimum absolute atomic E-state index is 0.0956. The zero-order chi connectivity index (χ0) is 14.8. The monoisotopic (exact) mass is 348 g/mol. The van der Waals surface area contributed by atoms with E-state index in [2.05, 4.69) is 25.9 Å². The summed E-state index contributed by atoms with van der Waals surface area (Å²) in [7, 11) is 0. The number of anilines is 2. The second-order valence-electron chi connectivity index (χ2n) is 5.25. The largest absolute Gasteiger partial charge is 0.398 e. The summed E-state index contributed by atoms with van der Waals surface area (Å²) in [5.74, 6) is 0. The van der Waals surface area contributed by atoms with Gasteiger partial charge in [0.05, 0.1) is 18.4 Å². The molecule has 0 atom stereocenters. The molecule has 0 radical (unpaired) electrons. The van der Waals surface area contributed by atoms with E-state index in [9.17, 15) is 4.79 Å². The van der Waals surface area contributed by atoms with Crippen molar-refractivity contribution in [3.63, 3.8) is 0 Å². The van der Waals surface area contributed by atoms with Crippen LogP contribution in [0.2, 0.25) is 0 Å². The van der Waals surface area contributed by atoms with Crippen molar-refractivity contribution in [2.75, 3.05) is 23.7 Å². The number of nitrogens with zero attached hydrogens (tertiary/aromatic N) is 3. The van der Waals surface area contributed by atoms with Crippen molar-refractivity contribution in [2.24, 2.45) is 0 Å². The van der Waals surface area contributed by atoms with Gasteiger partial charge in [0.25, 0.3) is 5.56 Å². The molecule has 5 nitrogen and oxygen atoms in total. The van der Waals surface area contributed by atoms with Crippen molar-refractivity contribution in [3.05, 3.63) is 50.9 Å². The highest BCUT2D eigenvalue weighted by molar-refractivity contribution is 9.10. The topological polar surface area (TPSA) is 64.2 Å². The van der Waals surface area contributed by atoms with Crippen LogP contribution < -0.4 is 16.2 Å². The van der Waals surface area contributed by atoms with E-state index in [0.29, 0.717) is 12.2 Å². The molecule has 1 aliphatic heterocycles. The summed E-state index contributed by atoms with van der Waals surface area (Å²) >= 11 is 3.37. The maximum absolute atomic E-state index is 12.2. The number of nitrogens with two attached hydrogens (primary N) is 1. The molecule has 0 aliphatic carbocycles. The summed E-state index contributed by atoms with van der Waals surface area (Å²) in [6.07, 6.45) is 4.12. The highest BCUT2D eigenvalue weighted by Gasteiger charge is 2.14. The third-order valence-electron chi connectivity index (χ3n) is 3.75. The minimum atomic E-state index is -0.0956. The van der Waals surface area contributed by atoms with Crippen molar-refractivity contribution in [3.8, 4) is 0 Å². The van der Waals surface area contributed by atoms with Crippen LogP contribution in [0, 0.1) is 0 Å². The van der Waals surface area contributed by atoms with Gasteiger partial charge in [0.2, 0.25) is 0 Å². The molecule has 1 aromatic heterocycles. The van der Waals surface area contributed by atoms with Crippen molar-refractivity contribution in [1.29, 1.82) is 0 Å². The van der Waals surface area contributed by atoms with Crippen LogP contribution in [0.3, 0.4) is 0 Å². The minimum Gasteiger partial charge on any atom is -0.398 e. The fourth-order valence-electron chi connectivity index (χ4n) is 2.56. The van der Waals surface area contributed by atoms with Gasteiger partial charge < -0.3 is 10.6 Å². The molecule has 3 rings (SSSR count). The molecular formula is C15H17BrN4O. The van der Waals surface area contributed by atoms with E-state index >= 15 is 0 Å². The maximum Gasteiger partial charge on any atom is 0.269 e.